The molecule has 0 saturated heterocycles. The predicted octanol–water partition coefficient (Wildman–Crippen LogP) is 2.11. The van der Waals surface area contributed by atoms with Gasteiger partial charge in [-0.05, 0) is 6.07 Å². The number of aromatic amines is 1. The number of hydrogen-bond donors (Lipinski definition) is 2. The number of benzene rings is 1. The average Bonchev–Trinajstić information content (AvgIpc) is 2.95. The van der Waals surface area contributed by atoms with Crippen molar-refractivity contribution in [1.82, 2.24) is 4.98 Å². The van der Waals surface area contributed by atoms with Gasteiger partial charge in [-0.1, -0.05) is 18.2 Å². The molecular formula is C12H10N2O2S. The monoisotopic (exact) mass is 246 g/mol. The lowest BCUT2D eigenvalue weighted by Gasteiger charge is -1.96. The molecule has 1 aromatic carbocycles. The minimum atomic E-state index is -0.854. The van der Waals surface area contributed by atoms with E-state index in [1.54, 1.807) is 0 Å². The lowest BCUT2D eigenvalue weighted by molar-refractivity contribution is -0.137. The van der Waals surface area contributed by atoms with Crippen LogP contribution in [-0.4, -0.2) is 32.9 Å². The molecule has 1 atom stereocenters. The van der Waals surface area contributed by atoms with Gasteiger partial charge in [0.25, 0.3) is 0 Å². The van der Waals surface area contributed by atoms with Crippen LogP contribution in [0.15, 0.2) is 35.5 Å². The molecule has 2 aromatic rings. The van der Waals surface area contributed by atoms with E-state index in [2.05, 4.69) is 9.98 Å². The van der Waals surface area contributed by atoms with Crippen LogP contribution in [0.1, 0.15) is 5.56 Å². The van der Waals surface area contributed by atoms with Gasteiger partial charge in [0.15, 0.2) is 6.04 Å². The van der Waals surface area contributed by atoms with Crippen molar-refractivity contribution in [1.29, 1.82) is 0 Å². The Morgan fingerprint density at radius 2 is 2.29 bits per heavy atom. The maximum Gasteiger partial charge on any atom is 0.329 e. The molecule has 0 aliphatic carbocycles. The van der Waals surface area contributed by atoms with Gasteiger partial charge in [-0.2, -0.15) is 0 Å². The zero-order valence-corrected chi connectivity index (χ0v) is 9.70. The van der Waals surface area contributed by atoms with Crippen molar-refractivity contribution < 1.29 is 9.90 Å². The van der Waals surface area contributed by atoms with Gasteiger partial charge in [0.1, 0.15) is 5.04 Å². The lowest BCUT2D eigenvalue weighted by Crippen LogP contribution is -2.17. The summed E-state index contributed by atoms with van der Waals surface area (Å²) in [7, 11) is 0. The normalized spacial score (nSPS) is 19.5. The van der Waals surface area contributed by atoms with Crippen LogP contribution in [0, 0.1) is 0 Å². The zero-order chi connectivity index (χ0) is 11.8. The van der Waals surface area contributed by atoms with Gasteiger partial charge in [0.05, 0.1) is 0 Å². The molecular weight excluding hydrogens is 236 g/mol. The molecule has 1 aliphatic heterocycles. The van der Waals surface area contributed by atoms with Crippen molar-refractivity contribution in [3.63, 3.8) is 0 Å². The maximum absolute atomic E-state index is 10.9. The van der Waals surface area contributed by atoms with Gasteiger partial charge >= 0.3 is 5.97 Å². The van der Waals surface area contributed by atoms with Crippen LogP contribution < -0.4 is 0 Å². The Kier molecular flexibility index (Phi) is 2.40. The molecule has 0 spiro atoms. The van der Waals surface area contributed by atoms with Gasteiger partial charge in [0, 0.05) is 28.4 Å². The second kappa shape index (κ2) is 3.92. The number of aliphatic imine (C=N–C) groups is 1. The Balaban J connectivity index is 2.05. The fourth-order valence-corrected chi connectivity index (χ4v) is 2.96. The van der Waals surface area contributed by atoms with E-state index >= 15 is 0 Å². The van der Waals surface area contributed by atoms with Crippen molar-refractivity contribution in [3.8, 4) is 0 Å². The number of thioether (sulfide) groups is 1. The number of hydrogen-bond acceptors (Lipinski definition) is 3. The van der Waals surface area contributed by atoms with Crippen molar-refractivity contribution >= 4 is 33.7 Å². The summed E-state index contributed by atoms with van der Waals surface area (Å²) in [5.74, 6) is -0.336. The van der Waals surface area contributed by atoms with E-state index in [1.807, 2.05) is 30.5 Å². The first-order chi connectivity index (χ1) is 8.25. The number of aliphatic carboxylic acids is 1. The third-order valence-electron chi connectivity index (χ3n) is 2.76. The van der Waals surface area contributed by atoms with Crippen LogP contribution in [0.3, 0.4) is 0 Å². The van der Waals surface area contributed by atoms with Gasteiger partial charge < -0.3 is 10.1 Å². The summed E-state index contributed by atoms with van der Waals surface area (Å²) in [5.41, 5.74) is 2.04. The van der Waals surface area contributed by atoms with E-state index in [4.69, 9.17) is 5.11 Å². The number of rotatable bonds is 2. The Bertz CT molecular complexity index is 618. The first kappa shape index (κ1) is 10.4. The summed E-state index contributed by atoms with van der Waals surface area (Å²) < 4.78 is 0. The number of carbonyl (C=O) groups is 1. The smallest absolute Gasteiger partial charge is 0.329 e. The molecule has 86 valence electrons. The molecule has 1 aromatic heterocycles. The van der Waals surface area contributed by atoms with E-state index in [1.165, 1.54) is 11.8 Å². The summed E-state index contributed by atoms with van der Waals surface area (Å²) in [6.07, 6.45) is 1.89. The molecule has 3 rings (SSSR count). The van der Waals surface area contributed by atoms with Crippen LogP contribution in [0.5, 0.6) is 0 Å². The highest BCUT2D eigenvalue weighted by Crippen LogP contribution is 2.28. The van der Waals surface area contributed by atoms with Gasteiger partial charge in [0.2, 0.25) is 0 Å². The number of nitrogens with one attached hydrogen (secondary N) is 1. The molecule has 0 amide bonds. The number of nitrogens with zero attached hydrogens (tertiary/aromatic N) is 1. The van der Waals surface area contributed by atoms with Crippen LogP contribution in [0.4, 0.5) is 0 Å². The Hall–Kier alpha value is -1.75. The molecule has 17 heavy (non-hydrogen) atoms. The Morgan fingerprint density at radius 1 is 1.47 bits per heavy atom. The maximum atomic E-state index is 10.9. The highest BCUT2D eigenvalue weighted by Gasteiger charge is 2.26. The topological polar surface area (TPSA) is 65.4 Å². The van der Waals surface area contributed by atoms with Crippen molar-refractivity contribution in [3.05, 3.63) is 36.0 Å². The number of para-hydroxylation sites is 1. The van der Waals surface area contributed by atoms with Crippen LogP contribution in [-0.2, 0) is 4.79 Å². The number of carboxylic acids is 1. The third kappa shape index (κ3) is 1.72. The molecule has 4 nitrogen and oxygen atoms in total. The van der Waals surface area contributed by atoms with Crippen molar-refractivity contribution in [2.75, 3.05) is 5.75 Å². The number of fused-ring (bicyclic) bond motifs is 1. The summed E-state index contributed by atoms with van der Waals surface area (Å²) in [4.78, 5) is 18.3. The number of carboxylic acid groups (broad SMARTS) is 1. The van der Waals surface area contributed by atoms with E-state index in [9.17, 15) is 4.79 Å². The fourth-order valence-electron chi connectivity index (χ4n) is 1.90. The van der Waals surface area contributed by atoms with Crippen LogP contribution in [0.25, 0.3) is 10.9 Å². The first-order valence-electron chi connectivity index (χ1n) is 5.25. The van der Waals surface area contributed by atoms with E-state index < -0.39 is 12.0 Å². The van der Waals surface area contributed by atoms with Gasteiger partial charge in [-0.15, -0.1) is 11.8 Å². The standard InChI is InChI=1S/C12H10N2O2S/c15-12(16)10-6-17-11(14-10)8-5-13-9-4-2-1-3-7(8)9/h1-5,10,13H,6H2,(H,15,16)/t10-/m1/s1. The average molecular weight is 246 g/mol. The molecule has 0 saturated carbocycles. The summed E-state index contributed by atoms with van der Waals surface area (Å²) in [6.45, 7) is 0. The van der Waals surface area contributed by atoms with Crippen LogP contribution >= 0.6 is 11.8 Å². The second-order valence-corrected chi connectivity index (χ2v) is 4.86. The summed E-state index contributed by atoms with van der Waals surface area (Å²) in [6, 6.07) is 7.33. The number of aromatic nitrogens is 1. The van der Waals surface area contributed by atoms with E-state index in [-0.39, 0.29) is 0 Å². The molecule has 2 heterocycles. The first-order valence-corrected chi connectivity index (χ1v) is 6.24. The minimum Gasteiger partial charge on any atom is -0.480 e. The predicted molar refractivity (Wildman–Crippen MR) is 68.7 cm³/mol. The fraction of sp³-hybridized carbons (Fsp3) is 0.167. The lowest BCUT2D eigenvalue weighted by atomic mass is 10.2. The third-order valence-corrected chi connectivity index (χ3v) is 3.84. The van der Waals surface area contributed by atoms with Gasteiger partial charge in [-0.3, -0.25) is 4.99 Å². The largest absolute Gasteiger partial charge is 0.480 e. The van der Waals surface area contributed by atoms with Crippen LogP contribution in [0.2, 0.25) is 0 Å². The second-order valence-electron chi connectivity index (χ2n) is 3.85. The Morgan fingerprint density at radius 3 is 3.06 bits per heavy atom. The highest BCUT2D eigenvalue weighted by atomic mass is 32.2. The highest BCUT2D eigenvalue weighted by molar-refractivity contribution is 8.14. The summed E-state index contributed by atoms with van der Waals surface area (Å²) in [5, 5.41) is 10.8. The van der Waals surface area contributed by atoms with Crippen molar-refractivity contribution in [2.24, 2.45) is 4.99 Å². The quantitative estimate of drug-likeness (QED) is 0.853. The Labute approximate surface area is 102 Å². The summed E-state index contributed by atoms with van der Waals surface area (Å²) >= 11 is 1.50. The molecule has 5 heteroatoms. The minimum absolute atomic E-state index is 0.518. The zero-order valence-electron chi connectivity index (χ0n) is 8.88. The molecule has 0 fully saturated rings. The molecule has 2 N–H and O–H groups in total. The molecule has 0 bridgehead atoms. The van der Waals surface area contributed by atoms with E-state index in [0.717, 1.165) is 21.5 Å². The van der Waals surface area contributed by atoms with Gasteiger partial charge in [-0.25, -0.2) is 4.79 Å². The number of H-pyrrole nitrogens is 1. The van der Waals surface area contributed by atoms with E-state index in [0.29, 0.717) is 5.75 Å². The van der Waals surface area contributed by atoms with Crippen molar-refractivity contribution in [2.45, 2.75) is 6.04 Å². The molecule has 1 aliphatic rings. The SMILES string of the molecule is O=C(O)[C@H]1CSC(c2c[nH]c3ccccc23)=N1. The molecule has 0 radical (unpaired) electrons. The molecule has 0 unspecified atom stereocenters.